The number of rotatable bonds is 5. The molecule has 0 unspecified atom stereocenters. The highest BCUT2D eigenvalue weighted by atomic mass is 35.5. The van der Waals surface area contributed by atoms with Crippen LogP contribution in [0.4, 0.5) is 0 Å². The van der Waals surface area contributed by atoms with Crippen molar-refractivity contribution >= 4 is 22.9 Å². The van der Waals surface area contributed by atoms with Gasteiger partial charge in [0.05, 0.1) is 11.6 Å². The molecule has 2 rings (SSSR count). The summed E-state index contributed by atoms with van der Waals surface area (Å²) in [5, 5.41) is 2.93. The largest absolute Gasteiger partial charge is 0.486 e. The maximum Gasteiger partial charge on any atom is 0.140 e. The lowest BCUT2D eigenvalue weighted by Crippen LogP contribution is -1.99. The molecule has 0 amide bonds. The van der Waals surface area contributed by atoms with Crippen LogP contribution in [0.3, 0.4) is 0 Å². The van der Waals surface area contributed by atoms with Crippen LogP contribution in [-0.4, -0.2) is 4.98 Å². The van der Waals surface area contributed by atoms with Crippen LogP contribution in [0, 0.1) is 0 Å². The van der Waals surface area contributed by atoms with Gasteiger partial charge >= 0.3 is 0 Å². The van der Waals surface area contributed by atoms with Crippen molar-refractivity contribution in [3.05, 3.63) is 45.9 Å². The van der Waals surface area contributed by atoms with Gasteiger partial charge in [-0.3, -0.25) is 0 Å². The van der Waals surface area contributed by atoms with E-state index in [1.165, 1.54) is 5.56 Å². The molecule has 2 aromatic rings. The van der Waals surface area contributed by atoms with Crippen molar-refractivity contribution in [2.24, 2.45) is 0 Å². The molecule has 0 aliphatic rings. The summed E-state index contributed by atoms with van der Waals surface area (Å²) < 4.78 is 5.85. The third kappa shape index (κ3) is 3.24. The molecule has 0 radical (unpaired) electrons. The van der Waals surface area contributed by atoms with E-state index in [-0.39, 0.29) is 0 Å². The normalized spacial score (nSPS) is 10.9. The Morgan fingerprint density at radius 2 is 2.11 bits per heavy atom. The maximum atomic E-state index is 5.85. The minimum absolute atomic E-state index is 0.455. The summed E-state index contributed by atoms with van der Waals surface area (Å²) in [4.78, 5) is 4.38. The fraction of sp³-hybridized carbons (Fsp3) is 0.357. The SMILES string of the molecule is CC(C)c1ccccc1OCc1nc(CCl)cs1. The van der Waals surface area contributed by atoms with E-state index in [0.717, 1.165) is 16.5 Å². The predicted octanol–water partition coefficient (Wildman–Crippen LogP) is 4.58. The highest BCUT2D eigenvalue weighted by molar-refractivity contribution is 7.09. The van der Waals surface area contributed by atoms with Crippen LogP contribution in [0.2, 0.25) is 0 Å². The number of nitrogens with zero attached hydrogens (tertiary/aromatic N) is 1. The molecule has 0 fully saturated rings. The molecule has 2 nitrogen and oxygen atoms in total. The van der Waals surface area contributed by atoms with Crippen molar-refractivity contribution in [2.75, 3.05) is 0 Å². The van der Waals surface area contributed by atoms with E-state index in [1.54, 1.807) is 11.3 Å². The highest BCUT2D eigenvalue weighted by Gasteiger charge is 2.08. The molecule has 1 heterocycles. The van der Waals surface area contributed by atoms with Crippen LogP contribution in [-0.2, 0) is 12.5 Å². The quantitative estimate of drug-likeness (QED) is 0.748. The summed E-state index contributed by atoms with van der Waals surface area (Å²) in [6, 6.07) is 8.14. The van der Waals surface area contributed by atoms with Crippen LogP contribution >= 0.6 is 22.9 Å². The van der Waals surface area contributed by atoms with Gasteiger partial charge in [-0.25, -0.2) is 4.98 Å². The average Bonchev–Trinajstić information content (AvgIpc) is 2.84. The van der Waals surface area contributed by atoms with Crippen LogP contribution in [0.15, 0.2) is 29.6 Å². The second kappa shape index (κ2) is 6.21. The van der Waals surface area contributed by atoms with Crippen molar-refractivity contribution in [1.82, 2.24) is 4.98 Å². The van der Waals surface area contributed by atoms with Gasteiger partial charge < -0.3 is 4.74 Å². The van der Waals surface area contributed by atoms with Gasteiger partial charge in [0.2, 0.25) is 0 Å². The molecular weight excluding hydrogens is 266 g/mol. The highest BCUT2D eigenvalue weighted by Crippen LogP contribution is 2.26. The number of para-hydroxylation sites is 1. The van der Waals surface area contributed by atoms with E-state index in [9.17, 15) is 0 Å². The number of alkyl halides is 1. The average molecular weight is 282 g/mol. The Bertz CT molecular complexity index is 510. The van der Waals surface area contributed by atoms with E-state index in [0.29, 0.717) is 18.4 Å². The van der Waals surface area contributed by atoms with Crippen molar-refractivity contribution < 1.29 is 4.74 Å². The van der Waals surface area contributed by atoms with Crippen LogP contribution < -0.4 is 4.74 Å². The second-order valence-electron chi connectivity index (χ2n) is 4.35. The van der Waals surface area contributed by atoms with E-state index in [1.807, 2.05) is 23.6 Å². The fourth-order valence-corrected chi connectivity index (χ4v) is 2.64. The van der Waals surface area contributed by atoms with Gasteiger partial charge in [-0.05, 0) is 17.5 Å². The number of thiazole rings is 1. The Labute approximate surface area is 117 Å². The number of aromatic nitrogens is 1. The molecule has 0 bridgehead atoms. The first-order valence-electron chi connectivity index (χ1n) is 5.91. The van der Waals surface area contributed by atoms with Crippen molar-refractivity contribution in [1.29, 1.82) is 0 Å². The van der Waals surface area contributed by atoms with E-state index in [2.05, 4.69) is 24.9 Å². The Morgan fingerprint density at radius 3 is 2.78 bits per heavy atom. The Morgan fingerprint density at radius 1 is 1.33 bits per heavy atom. The van der Waals surface area contributed by atoms with E-state index < -0.39 is 0 Å². The third-order valence-corrected chi connectivity index (χ3v) is 3.77. The lowest BCUT2D eigenvalue weighted by atomic mass is 10.0. The second-order valence-corrected chi connectivity index (χ2v) is 5.56. The molecule has 0 saturated carbocycles. The Kier molecular flexibility index (Phi) is 4.61. The molecule has 0 atom stereocenters. The van der Waals surface area contributed by atoms with Gasteiger partial charge in [-0.15, -0.1) is 22.9 Å². The number of hydrogen-bond acceptors (Lipinski definition) is 3. The van der Waals surface area contributed by atoms with Gasteiger partial charge in [0.15, 0.2) is 0 Å². The molecule has 18 heavy (non-hydrogen) atoms. The van der Waals surface area contributed by atoms with Crippen LogP contribution in [0.25, 0.3) is 0 Å². The lowest BCUT2D eigenvalue weighted by Gasteiger charge is -2.12. The fourth-order valence-electron chi connectivity index (χ4n) is 1.71. The zero-order valence-corrected chi connectivity index (χ0v) is 12.1. The summed E-state index contributed by atoms with van der Waals surface area (Å²) in [6.45, 7) is 4.83. The topological polar surface area (TPSA) is 22.1 Å². The number of benzene rings is 1. The standard InChI is InChI=1S/C14H16ClNOS/c1-10(2)12-5-3-4-6-13(12)17-8-14-16-11(7-15)9-18-14/h3-6,9-10H,7-8H2,1-2H3. The first kappa shape index (κ1) is 13.4. The first-order chi connectivity index (χ1) is 8.70. The van der Waals surface area contributed by atoms with Crippen LogP contribution in [0.5, 0.6) is 5.75 Å². The smallest absolute Gasteiger partial charge is 0.140 e. The summed E-state index contributed by atoms with van der Waals surface area (Å²) in [5.74, 6) is 1.85. The third-order valence-electron chi connectivity index (χ3n) is 2.63. The number of halogens is 1. The maximum absolute atomic E-state index is 5.85. The molecule has 96 valence electrons. The minimum Gasteiger partial charge on any atom is -0.486 e. The van der Waals surface area contributed by atoms with Gasteiger partial charge in [-0.2, -0.15) is 0 Å². The zero-order chi connectivity index (χ0) is 13.0. The molecule has 0 N–H and O–H groups in total. The summed E-state index contributed by atoms with van der Waals surface area (Å²) >= 11 is 7.31. The number of ether oxygens (including phenoxy) is 1. The number of hydrogen-bond donors (Lipinski definition) is 0. The van der Waals surface area contributed by atoms with Gasteiger partial charge in [0.25, 0.3) is 0 Å². The van der Waals surface area contributed by atoms with Gasteiger partial charge in [-0.1, -0.05) is 32.0 Å². The minimum atomic E-state index is 0.455. The molecule has 0 aliphatic carbocycles. The lowest BCUT2D eigenvalue weighted by molar-refractivity contribution is 0.301. The Hall–Kier alpha value is -1.06. The molecule has 1 aromatic carbocycles. The molecule has 0 saturated heterocycles. The summed E-state index contributed by atoms with van der Waals surface area (Å²) in [7, 11) is 0. The monoisotopic (exact) mass is 281 g/mol. The summed E-state index contributed by atoms with van der Waals surface area (Å²) in [5.41, 5.74) is 2.14. The zero-order valence-electron chi connectivity index (χ0n) is 10.5. The van der Waals surface area contributed by atoms with E-state index in [4.69, 9.17) is 16.3 Å². The Balaban J connectivity index is 2.05. The molecule has 0 spiro atoms. The van der Waals surface area contributed by atoms with Gasteiger partial charge in [0.1, 0.15) is 17.4 Å². The van der Waals surface area contributed by atoms with Crippen molar-refractivity contribution in [3.63, 3.8) is 0 Å². The molecule has 0 aliphatic heterocycles. The van der Waals surface area contributed by atoms with Crippen molar-refractivity contribution in [2.45, 2.75) is 32.3 Å². The van der Waals surface area contributed by atoms with Gasteiger partial charge in [0, 0.05) is 5.38 Å². The molecular formula is C14H16ClNOS. The molecule has 4 heteroatoms. The van der Waals surface area contributed by atoms with Crippen molar-refractivity contribution in [3.8, 4) is 5.75 Å². The van der Waals surface area contributed by atoms with E-state index >= 15 is 0 Å². The predicted molar refractivity (Wildman–Crippen MR) is 76.5 cm³/mol. The van der Waals surface area contributed by atoms with Crippen LogP contribution in [0.1, 0.15) is 36.0 Å². The first-order valence-corrected chi connectivity index (χ1v) is 7.33. The molecule has 1 aromatic heterocycles. The summed E-state index contributed by atoms with van der Waals surface area (Å²) in [6.07, 6.45) is 0.